The summed E-state index contributed by atoms with van der Waals surface area (Å²) in [4.78, 5) is 16.6. The standard InChI is InChI=1S/C20H14ClF3N6O/c1-12-8-18(30(28-12)17-9-14(20(22,23)24)4-7-16(17)21)27-19(31)13-2-5-15(6-3-13)29-11-25-10-26-29/h2-11H,1H3,(H,27,31). The molecule has 4 rings (SSSR count). The number of rotatable bonds is 4. The summed E-state index contributed by atoms with van der Waals surface area (Å²) in [5, 5.41) is 10.9. The number of alkyl halides is 3. The maximum atomic E-state index is 13.1. The number of hydrogen-bond donors (Lipinski definition) is 1. The molecule has 0 aliphatic carbocycles. The summed E-state index contributed by atoms with van der Waals surface area (Å²) in [6.45, 7) is 1.65. The van der Waals surface area contributed by atoms with Crippen molar-refractivity contribution in [1.29, 1.82) is 0 Å². The minimum absolute atomic E-state index is 0.00132. The van der Waals surface area contributed by atoms with Crippen LogP contribution in [0.5, 0.6) is 0 Å². The second kappa shape index (κ2) is 7.88. The number of nitrogens with one attached hydrogen (secondary N) is 1. The lowest BCUT2D eigenvalue weighted by molar-refractivity contribution is -0.137. The molecular weight excluding hydrogens is 433 g/mol. The summed E-state index contributed by atoms with van der Waals surface area (Å²) in [5.74, 6) is -0.279. The minimum Gasteiger partial charge on any atom is -0.306 e. The molecule has 0 bridgehead atoms. The number of hydrogen-bond acceptors (Lipinski definition) is 4. The quantitative estimate of drug-likeness (QED) is 0.493. The van der Waals surface area contributed by atoms with Crippen molar-refractivity contribution in [3.05, 3.63) is 83.0 Å². The van der Waals surface area contributed by atoms with Crippen molar-refractivity contribution >= 4 is 23.3 Å². The van der Waals surface area contributed by atoms with E-state index in [1.165, 1.54) is 28.1 Å². The highest BCUT2D eigenvalue weighted by Crippen LogP contribution is 2.34. The molecule has 0 aliphatic rings. The summed E-state index contributed by atoms with van der Waals surface area (Å²) in [6, 6.07) is 11.0. The van der Waals surface area contributed by atoms with Crippen molar-refractivity contribution in [3.8, 4) is 11.4 Å². The number of amides is 1. The molecule has 2 heterocycles. The van der Waals surface area contributed by atoms with E-state index in [1.807, 2.05) is 0 Å². The van der Waals surface area contributed by atoms with Gasteiger partial charge in [-0.25, -0.2) is 14.3 Å². The van der Waals surface area contributed by atoms with Gasteiger partial charge in [0.2, 0.25) is 0 Å². The first-order chi connectivity index (χ1) is 14.7. The van der Waals surface area contributed by atoms with Gasteiger partial charge in [-0.05, 0) is 49.4 Å². The smallest absolute Gasteiger partial charge is 0.306 e. The SMILES string of the molecule is Cc1cc(NC(=O)c2ccc(-n3cncn3)cc2)n(-c2cc(C(F)(F)F)ccc2Cl)n1. The molecule has 0 unspecified atom stereocenters. The number of anilines is 1. The fourth-order valence-corrected chi connectivity index (χ4v) is 3.12. The molecule has 4 aromatic rings. The van der Waals surface area contributed by atoms with Crippen molar-refractivity contribution in [1.82, 2.24) is 24.5 Å². The van der Waals surface area contributed by atoms with Gasteiger partial charge in [0, 0.05) is 11.6 Å². The van der Waals surface area contributed by atoms with Gasteiger partial charge in [0.1, 0.15) is 18.5 Å². The van der Waals surface area contributed by atoms with Crippen LogP contribution < -0.4 is 5.32 Å². The Morgan fingerprint density at radius 3 is 2.48 bits per heavy atom. The molecule has 1 N–H and O–H groups in total. The molecule has 2 aromatic carbocycles. The van der Waals surface area contributed by atoms with Crippen LogP contribution in [0, 0.1) is 6.92 Å². The Morgan fingerprint density at radius 2 is 1.84 bits per heavy atom. The van der Waals surface area contributed by atoms with Crippen molar-refractivity contribution < 1.29 is 18.0 Å². The second-order valence-corrected chi connectivity index (χ2v) is 6.99. The molecule has 0 saturated carbocycles. The van der Waals surface area contributed by atoms with E-state index in [1.54, 1.807) is 31.2 Å². The number of carbonyl (C=O) groups is 1. The van der Waals surface area contributed by atoms with Crippen LogP contribution in [-0.4, -0.2) is 30.5 Å². The summed E-state index contributed by atoms with van der Waals surface area (Å²) in [5.41, 5.74) is 0.669. The number of aromatic nitrogens is 5. The number of halogens is 4. The number of aryl methyl sites for hydroxylation is 1. The normalized spacial score (nSPS) is 11.5. The van der Waals surface area contributed by atoms with E-state index in [9.17, 15) is 18.0 Å². The van der Waals surface area contributed by atoms with Gasteiger partial charge >= 0.3 is 6.18 Å². The van der Waals surface area contributed by atoms with E-state index in [-0.39, 0.29) is 16.5 Å². The largest absolute Gasteiger partial charge is 0.416 e. The molecule has 7 nitrogen and oxygen atoms in total. The predicted molar refractivity (Wildman–Crippen MR) is 108 cm³/mol. The molecular formula is C20H14ClF3N6O. The molecule has 11 heteroatoms. The fourth-order valence-electron chi connectivity index (χ4n) is 2.92. The van der Waals surface area contributed by atoms with Crippen LogP contribution in [0.3, 0.4) is 0 Å². The lowest BCUT2D eigenvalue weighted by Gasteiger charge is -2.13. The summed E-state index contributed by atoms with van der Waals surface area (Å²) in [7, 11) is 0. The highest BCUT2D eigenvalue weighted by Gasteiger charge is 2.31. The van der Waals surface area contributed by atoms with Crippen LogP contribution in [0.2, 0.25) is 5.02 Å². The maximum Gasteiger partial charge on any atom is 0.416 e. The molecule has 158 valence electrons. The van der Waals surface area contributed by atoms with Crippen molar-refractivity contribution in [2.75, 3.05) is 5.32 Å². The first-order valence-corrected chi connectivity index (χ1v) is 9.30. The van der Waals surface area contributed by atoms with Gasteiger partial charge in [0.05, 0.1) is 27.7 Å². The Hall–Kier alpha value is -3.66. The van der Waals surface area contributed by atoms with Crippen LogP contribution in [0.15, 0.2) is 61.2 Å². The second-order valence-electron chi connectivity index (χ2n) is 6.59. The van der Waals surface area contributed by atoms with E-state index >= 15 is 0 Å². The van der Waals surface area contributed by atoms with Gasteiger partial charge in [0.25, 0.3) is 5.91 Å². The van der Waals surface area contributed by atoms with E-state index in [4.69, 9.17) is 11.6 Å². The predicted octanol–water partition coefficient (Wildman–Crippen LogP) is 4.69. The average molecular weight is 447 g/mol. The molecule has 0 atom stereocenters. The van der Waals surface area contributed by atoms with E-state index in [0.29, 0.717) is 16.9 Å². The molecule has 0 spiro atoms. The van der Waals surface area contributed by atoms with Gasteiger partial charge in [-0.1, -0.05) is 11.6 Å². The Kier molecular flexibility index (Phi) is 5.24. The Balaban J connectivity index is 1.63. The minimum atomic E-state index is -4.54. The average Bonchev–Trinajstić information content (AvgIpc) is 3.37. The molecule has 0 fully saturated rings. The molecule has 31 heavy (non-hydrogen) atoms. The zero-order chi connectivity index (χ0) is 22.2. The van der Waals surface area contributed by atoms with Crippen LogP contribution in [-0.2, 0) is 6.18 Å². The van der Waals surface area contributed by atoms with Gasteiger partial charge in [-0.3, -0.25) is 4.79 Å². The van der Waals surface area contributed by atoms with Gasteiger partial charge in [-0.15, -0.1) is 0 Å². The first kappa shape index (κ1) is 20.6. The maximum absolute atomic E-state index is 13.1. The van der Waals surface area contributed by atoms with Gasteiger partial charge in [0.15, 0.2) is 0 Å². The van der Waals surface area contributed by atoms with Crippen molar-refractivity contribution in [2.24, 2.45) is 0 Å². The third kappa shape index (κ3) is 4.29. The monoisotopic (exact) mass is 446 g/mol. The van der Waals surface area contributed by atoms with E-state index in [2.05, 4.69) is 20.5 Å². The lowest BCUT2D eigenvalue weighted by atomic mass is 10.2. The summed E-state index contributed by atoms with van der Waals surface area (Å²) in [6.07, 6.45) is -1.63. The van der Waals surface area contributed by atoms with Crippen molar-refractivity contribution in [2.45, 2.75) is 13.1 Å². The van der Waals surface area contributed by atoms with E-state index < -0.39 is 17.6 Å². The number of carbonyl (C=O) groups excluding carboxylic acids is 1. The van der Waals surface area contributed by atoms with Crippen LogP contribution >= 0.6 is 11.6 Å². The highest BCUT2D eigenvalue weighted by molar-refractivity contribution is 6.32. The van der Waals surface area contributed by atoms with Crippen LogP contribution in [0.1, 0.15) is 21.6 Å². The van der Waals surface area contributed by atoms with Crippen LogP contribution in [0.25, 0.3) is 11.4 Å². The number of nitrogens with zero attached hydrogens (tertiary/aromatic N) is 5. The number of benzene rings is 2. The van der Waals surface area contributed by atoms with Crippen LogP contribution in [0.4, 0.5) is 19.0 Å². The molecule has 0 saturated heterocycles. The molecule has 2 aromatic heterocycles. The molecule has 1 amide bonds. The Labute approximate surface area is 179 Å². The van der Waals surface area contributed by atoms with E-state index in [0.717, 1.165) is 18.2 Å². The van der Waals surface area contributed by atoms with Gasteiger partial charge in [-0.2, -0.15) is 23.4 Å². The molecule has 0 radical (unpaired) electrons. The Bertz CT molecular complexity index is 1230. The topological polar surface area (TPSA) is 77.6 Å². The molecule has 0 aliphatic heterocycles. The third-order valence-corrected chi connectivity index (χ3v) is 4.71. The lowest BCUT2D eigenvalue weighted by Crippen LogP contribution is -2.16. The van der Waals surface area contributed by atoms with Crippen molar-refractivity contribution in [3.63, 3.8) is 0 Å². The zero-order valence-electron chi connectivity index (χ0n) is 15.9. The first-order valence-electron chi connectivity index (χ1n) is 8.92. The summed E-state index contributed by atoms with van der Waals surface area (Å²) >= 11 is 6.13. The fraction of sp³-hybridized carbons (Fsp3) is 0.100. The summed E-state index contributed by atoms with van der Waals surface area (Å²) < 4.78 is 42.1. The van der Waals surface area contributed by atoms with Gasteiger partial charge < -0.3 is 5.32 Å². The zero-order valence-corrected chi connectivity index (χ0v) is 16.7. The highest BCUT2D eigenvalue weighted by atomic mass is 35.5. The third-order valence-electron chi connectivity index (χ3n) is 4.39. The Morgan fingerprint density at radius 1 is 1.10 bits per heavy atom.